The van der Waals surface area contributed by atoms with Crippen molar-refractivity contribution in [3.8, 4) is 0 Å². The number of halogens is 1. The molecule has 1 atom stereocenters. The van der Waals surface area contributed by atoms with E-state index >= 15 is 0 Å². The first kappa shape index (κ1) is 5.48. The normalized spacial score (nSPS) is 15.0. The van der Waals surface area contributed by atoms with Crippen molar-refractivity contribution in [3.05, 3.63) is 6.92 Å². The van der Waals surface area contributed by atoms with Crippen molar-refractivity contribution in [2.75, 3.05) is 0 Å². The smallest absolute Gasteiger partial charge is 0.0143 e. The largest absolute Gasteiger partial charge is 0.0891 e. The van der Waals surface area contributed by atoms with Gasteiger partial charge in [0.2, 0.25) is 0 Å². The molecule has 0 aliphatic carbocycles. The lowest BCUT2D eigenvalue weighted by molar-refractivity contribution is 0.990. The van der Waals surface area contributed by atoms with E-state index in [0.29, 0.717) is 4.83 Å². The van der Waals surface area contributed by atoms with Crippen LogP contribution < -0.4 is 0 Å². The average molecular weight is 136 g/mol. The number of alkyl halides is 1. The standard InChI is InChI=1S/C4H8Br/c1-3-4(2)5/h4H,2-3H2,1H3. The van der Waals surface area contributed by atoms with E-state index in [4.69, 9.17) is 0 Å². The highest BCUT2D eigenvalue weighted by molar-refractivity contribution is 9.09. The molecule has 0 saturated carbocycles. The SMILES string of the molecule is [CH2]C(Br)CC. The lowest BCUT2D eigenvalue weighted by Crippen LogP contribution is -1.81. The van der Waals surface area contributed by atoms with Gasteiger partial charge < -0.3 is 0 Å². The number of rotatable bonds is 1. The van der Waals surface area contributed by atoms with E-state index in [0.717, 1.165) is 6.42 Å². The van der Waals surface area contributed by atoms with Gasteiger partial charge in [0.1, 0.15) is 0 Å². The molecule has 31 valence electrons. The Labute approximate surface area is 41.7 Å². The van der Waals surface area contributed by atoms with Crippen molar-refractivity contribution in [2.45, 2.75) is 18.2 Å². The Morgan fingerprint density at radius 2 is 2.20 bits per heavy atom. The van der Waals surface area contributed by atoms with Gasteiger partial charge in [0.15, 0.2) is 0 Å². The van der Waals surface area contributed by atoms with Crippen molar-refractivity contribution < 1.29 is 0 Å². The summed E-state index contributed by atoms with van der Waals surface area (Å²) in [7, 11) is 0. The summed E-state index contributed by atoms with van der Waals surface area (Å²) in [6, 6.07) is 0. The first-order valence-corrected chi connectivity index (χ1v) is 2.66. The van der Waals surface area contributed by atoms with Gasteiger partial charge in [0.25, 0.3) is 0 Å². The van der Waals surface area contributed by atoms with E-state index in [-0.39, 0.29) is 0 Å². The molecule has 1 radical (unpaired) electrons. The maximum absolute atomic E-state index is 3.67. The summed E-state index contributed by atoms with van der Waals surface area (Å²) in [4.78, 5) is 0.447. The molecule has 0 aliphatic rings. The highest BCUT2D eigenvalue weighted by Gasteiger charge is 1.82. The van der Waals surface area contributed by atoms with Crippen LogP contribution in [0.5, 0.6) is 0 Å². The second-order valence-electron chi connectivity index (χ2n) is 1.01. The number of hydrogen-bond donors (Lipinski definition) is 0. The van der Waals surface area contributed by atoms with E-state index < -0.39 is 0 Å². The predicted molar refractivity (Wildman–Crippen MR) is 28.4 cm³/mol. The fraction of sp³-hybridized carbons (Fsp3) is 0.750. The summed E-state index contributed by atoms with van der Waals surface area (Å²) in [6.07, 6.45) is 1.11. The quantitative estimate of drug-likeness (QED) is 0.483. The molecule has 0 aromatic heterocycles. The third-order valence-electron chi connectivity index (χ3n) is 0.443. The maximum atomic E-state index is 3.67. The van der Waals surface area contributed by atoms with E-state index in [1.807, 2.05) is 0 Å². The highest BCUT2D eigenvalue weighted by atomic mass is 79.9. The third-order valence-corrected chi connectivity index (χ3v) is 1.09. The van der Waals surface area contributed by atoms with Gasteiger partial charge in [-0.3, -0.25) is 0 Å². The van der Waals surface area contributed by atoms with Crippen LogP contribution in [-0.2, 0) is 0 Å². The molecule has 1 heteroatoms. The molecule has 0 N–H and O–H groups in total. The maximum Gasteiger partial charge on any atom is 0.0143 e. The van der Waals surface area contributed by atoms with E-state index in [1.54, 1.807) is 0 Å². The first-order valence-electron chi connectivity index (χ1n) is 1.74. The minimum Gasteiger partial charge on any atom is -0.0891 e. The highest BCUT2D eigenvalue weighted by Crippen LogP contribution is 1.98. The number of hydrogen-bond acceptors (Lipinski definition) is 0. The molecule has 0 rings (SSSR count). The van der Waals surface area contributed by atoms with Gasteiger partial charge in [-0.2, -0.15) is 0 Å². The Morgan fingerprint density at radius 1 is 2.00 bits per heavy atom. The summed E-state index contributed by atoms with van der Waals surface area (Å²) in [5.41, 5.74) is 0. The molecule has 0 fully saturated rings. The van der Waals surface area contributed by atoms with Gasteiger partial charge in [0, 0.05) is 4.83 Å². The van der Waals surface area contributed by atoms with Crippen LogP contribution in [-0.4, -0.2) is 4.83 Å². The Hall–Kier alpha value is 0.480. The lowest BCUT2D eigenvalue weighted by Gasteiger charge is -1.87. The molecule has 0 saturated heterocycles. The molecule has 0 spiro atoms. The second-order valence-corrected chi connectivity index (χ2v) is 2.30. The van der Waals surface area contributed by atoms with Crippen LogP contribution in [0.4, 0.5) is 0 Å². The predicted octanol–water partition coefficient (Wildman–Crippen LogP) is 1.99. The Bertz CT molecular complexity index is 17.6. The molecule has 0 heterocycles. The van der Waals surface area contributed by atoms with Crippen LogP contribution in [0.3, 0.4) is 0 Å². The minimum absolute atomic E-state index is 0.447. The summed E-state index contributed by atoms with van der Waals surface area (Å²) < 4.78 is 0. The van der Waals surface area contributed by atoms with Gasteiger partial charge in [-0.1, -0.05) is 22.9 Å². The molecule has 1 unspecified atom stereocenters. The van der Waals surface area contributed by atoms with Crippen molar-refractivity contribution in [1.29, 1.82) is 0 Å². The van der Waals surface area contributed by atoms with E-state index in [1.165, 1.54) is 0 Å². The topological polar surface area (TPSA) is 0 Å². The Kier molecular flexibility index (Phi) is 2.96. The van der Waals surface area contributed by atoms with Crippen LogP contribution in [0.25, 0.3) is 0 Å². The minimum atomic E-state index is 0.447. The molecule has 0 aliphatic heterocycles. The Balaban J connectivity index is 2.54. The molecule has 0 bridgehead atoms. The van der Waals surface area contributed by atoms with E-state index in [2.05, 4.69) is 29.8 Å². The van der Waals surface area contributed by atoms with Gasteiger partial charge in [-0.05, 0) is 13.3 Å². The van der Waals surface area contributed by atoms with Gasteiger partial charge in [-0.15, -0.1) is 0 Å². The van der Waals surface area contributed by atoms with Crippen LogP contribution >= 0.6 is 15.9 Å². The monoisotopic (exact) mass is 135 g/mol. The molecule has 0 nitrogen and oxygen atoms in total. The molecular formula is C4H8Br. The summed E-state index contributed by atoms with van der Waals surface area (Å²) in [5, 5.41) is 0. The average Bonchev–Trinajstić information content (AvgIpc) is 1.38. The second kappa shape index (κ2) is 2.70. The molecule has 0 amide bonds. The van der Waals surface area contributed by atoms with Crippen LogP contribution in [0.2, 0.25) is 0 Å². The molecule has 5 heavy (non-hydrogen) atoms. The fourth-order valence-electron chi connectivity index (χ4n) is 0. The van der Waals surface area contributed by atoms with Gasteiger partial charge >= 0.3 is 0 Å². The van der Waals surface area contributed by atoms with E-state index in [9.17, 15) is 0 Å². The first-order chi connectivity index (χ1) is 2.27. The van der Waals surface area contributed by atoms with Crippen LogP contribution in [0.15, 0.2) is 0 Å². The van der Waals surface area contributed by atoms with Crippen LogP contribution in [0, 0.1) is 6.92 Å². The van der Waals surface area contributed by atoms with Crippen molar-refractivity contribution in [1.82, 2.24) is 0 Å². The zero-order valence-electron chi connectivity index (χ0n) is 3.37. The zero-order valence-corrected chi connectivity index (χ0v) is 4.96. The summed E-state index contributed by atoms with van der Waals surface area (Å²) in [6.45, 7) is 5.76. The van der Waals surface area contributed by atoms with Crippen LogP contribution in [0.1, 0.15) is 13.3 Å². The van der Waals surface area contributed by atoms with Crippen molar-refractivity contribution in [3.63, 3.8) is 0 Å². The Morgan fingerprint density at radius 3 is 2.20 bits per heavy atom. The van der Waals surface area contributed by atoms with Gasteiger partial charge in [-0.25, -0.2) is 0 Å². The lowest BCUT2D eigenvalue weighted by atomic mass is 10.4. The van der Waals surface area contributed by atoms with Crippen molar-refractivity contribution >= 4 is 15.9 Å². The molecule has 0 aromatic carbocycles. The van der Waals surface area contributed by atoms with Gasteiger partial charge in [0.05, 0.1) is 0 Å². The zero-order chi connectivity index (χ0) is 4.28. The fourth-order valence-corrected chi connectivity index (χ4v) is 0. The third kappa shape index (κ3) is 4.48. The summed E-state index contributed by atoms with van der Waals surface area (Å²) in [5.74, 6) is 0. The summed E-state index contributed by atoms with van der Waals surface area (Å²) >= 11 is 3.26. The molecular weight excluding hydrogens is 128 g/mol. The van der Waals surface area contributed by atoms with Crippen molar-refractivity contribution in [2.24, 2.45) is 0 Å². The molecule has 0 aromatic rings.